The lowest BCUT2D eigenvalue weighted by atomic mass is 9.95. The fraction of sp³-hybridized carbons (Fsp3) is 0.259. The lowest BCUT2D eigenvalue weighted by molar-refractivity contribution is -0.132. The molecule has 1 amide bonds. The van der Waals surface area contributed by atoms with Gasteiger partial charge in [0.1, 0.15) is 22.2 Å². The molecule has 1 N–H and O–H groups in total. The van der Waals surface area contributed by atoms with Gasteiger partial charge >= 0.3 is 11.9 Å². The van der Waals surface area contributed by atoms with Gasteiger partial charge in [0.2, 0.25) is 0 Å². The Hall–Kier alpha value is -4.05. The van der Waals surface area contributed by atoms with Gasteiger partial charge in [-0.15, -0.1) is 0 Å². The predicted molar refractivity (Wildman–Crippen MR) is 136 cm³/mol. The number of esters is 1. The number of thiazole rings is 1. The maximum Gasteiger partial charge on any atom is 0.350 e. The molecule has 37 heavy (non-hydrogen) atoms. The molecule has 4 rings (SSSR count). The molecule has 0 aliphatic carbocycles. The maximum absolute atomic E-state index is 14.2. The number of hydrogen-bond donors (Lipinski definition) is 1. The number of aliphatic hydroxyl groups is 1. The van der Waals surface area contributed by atoms with Crippen molar-refractivity contribution >= 4 is 39.9 Å². The number of ketones is 1. The topological polar surface area (TPSA) is 106 Å². The second kappa shape index (κ2) is 10.9. The van der Waals surface area contributed by atoms with Crippen molar-refractivity contribution in [3.8, 4) is 5.75 Å². The van der Waals surface area contributed by atoms with Gasteiger partial charge in [0.25, 0.3) is 5.78 Å². The molecule has 0 unspecified atom stereocenters. The van der Waals surface area contributed by atoms with Gasteiger partial charge in [0.05, 0.1) is 31.0 Å². The van der Waals surface area contributed by atoms with Crippen molar-refractivity contribution in [3.05, 3.63) is 81.6 Å². The summed E-state index contributed by atoms with van der Waals surface area (Å²) in [6.45, 7) is 4.18. The molecule has 1 fully saturated rings. The Morgan fingerprint density at radius 1 is 1.19 bits per heavy atom. The third-order valence-electron chi connectivity index (χ3n) is 5.87. The molecule has 2 heterocycles. The average molecular weight is 525 g/mol. The van der Waals surface area contributed by atoms with E-state index >= 15 is 0 Å². The second-order valence-electron chi connectivity index (χ2n) is 8.35. The number of nitrogens with zero attached hydrogens (tertiary/aromatic N) is 2. The van der Waals surface area contributed by atoms with Gasteiger partial charge in [-0.25, -0.2) is 14.2 Å². The molecule has 1 aliphatic heterocycles. The van der Waals surface area contributed by atoms with Crippen LogP contribution in [0.15, 0.2) is 54.1 Å². The fourth-order valence-corrected chi connectivity index (χ4v) is 5.00. The van der Waals surface area contributed by atoms with Crippen LogP contribution in [0.4, 0.5) is 9.52 Å². The van der Waals surface area contributed by atoms with Crippen molar-refractivity contribution in [1.29, 1.82) is 0 Å². The highest BCUT2D eigenvalue weighted by molar-refractivity contribution is 7.17. The Kier molecular flexibility index (Phi) is 7.68. The van der Waals surface area contributed by atoms with E-state index in [-0.39, 0.29) is 26.7 Å². The Bertz CT molecular complexity index is 1380. The number of aliphatic hydroxyl groups excluding tert-OH is 1. The number of unbranched alkanes of at least 4 members (excludes halogenated alkanes) is 1. The first-order valence-corrected chi connectivity index (χ1v) is 12.4. The first-order chi connectivity index (χ1) is 17.8. The minimum absolute atomic E-state index is 0.0491. The van der Waals surface area contributed by atoms with E-state index in [1.165, 1.54) is 25.3 Å². The van der Waals surface area contributed by atoms with E-state index in [0.717, 1.165) is 29.1 Å². The second-order valence-corrected chi connectivity index (χ2v) is 9.33. The van der Waals surface area contributed by atoms with Crippen LogP contribution < -0.4 is 9.64 Å². The van der Waals surface area contributed by atoms with Crippen molar-refractivity contribution in [2.75, 3.05) is 18.6 Å². The van der Waals surface area contributed by atoms with Crippen LogP contribution in [0.1, 0.15) is 52.3 Å². The van der Waals surface area contributed by atoms with Crippen molar-refractivity contribution in [2.24, 2.45) is 0 Å². The first kappa shape index (κ1) is 26.0. The van der Waals surface area contributed by atoms with Crippen molar-refractivity contribution in [3.63, 3.8) is 0 Å². The molecule has 0 radical (unpaired) electrons. The lowest BCUT2D eigenvalue weighted by Gasteiger charge is -2.23. The summed E-state index contributed by atoms with van der Waals surface area (Å²) in [6.07, 6.45) is 1.88. The number of rotatable bonds is 8. The van der Waals surface area contributed by atoms with Gasteiger partial charge in [-0.2, -0.15) is 0 Å². The van der Waals surface area contributed by atoms with E-state index in [1.54, 1.807) is 37.3 Å². The van der Waals surface area contributed by atoms with Crippen molar-refractivity contribution in [2.45, 2.75) is 32.7 Å². The number of amides is 1. The van der Waals surface area contributed by atoms with E-state index in [2.05, 4.69) is 11.9 Å². The average Bonchev–Trinajstić information content (AvgIpc) is 3.40. The molecule has 192 valence electrons. The summed E-state index contributed by atoms with van der Waals surface area (Å²) >= 11 is 0.871. The summed E-state index contributed by atoms with van der Waals surface area (Å²) in [5, 5.41) is 11.3. The third kappa shape index (κ3) is 5.10. The van der Waals surface area contributed by atoms with Crippen LogP contribution in [-0.2, 0) is 14.3 Å². The van der Waals surface area contributed by atoms with Gasteiger partial charge in [0, 0.05) is 5.56 Å². The van der Waals surface area contributed by atoms with Crippen LogP contribution in [0, 0.1) is 12.7 Å². The minimum atomic E-state index is -1.17. The highest BCUT2D eigenvalue weighted by Gasteiger charge is 2.48. The zero-order valence-electron chi connectivity index (χ0n) is 20.5. The van der Waals surface area contributed by atoms with Crippen molar-refractivity contribution < 1.29 is 33.4 Å². The summed E-state index contributed by atoms with van der Waals surface area (Å²) in [4.78, 5) is 44.2. The van der Waals surface area contributed by atoms with Crippen LogP contribution in [0.5, 0.6) is 5.75 Å². The SMILES string of the molecule is CCCCOc1ccc(C(O)=C2C(=O)C(=O)N(c3nc(C)c(C(=O)OC)s3)[C@@H]2c2cccc(F)c2)cc1. The summed E-state index contributed by atoms with van der Waals surface area (Å²) in [7, 11) is 1.22. The number of aryl methyl sites for hydroxylation is 1. The number of halogens is 1. The van der Waals surface area contributed by atoms with E-state index < -0.39 is 35.3 Å². The molecule has 1 aliphatic rings. The predicted octanol–water partition coefficient (Wildman–Crippen LogP) is 5.18. The molecule has 1 aromatic heterocycles. The smallest absolute Gasteiger partial charge is 0.350 e. The first-order valence-electron chi connectivity index (χ1n) is 11.6. The van der Waals surface area contributed by atoms with E-state index in [4.69, 9.17) is 9.47 Å². The van der Waals surface area contributed by atoms with Gasteiger partial charge in [-0.3, -0.25) is 14.5 Å². The number of carbonyl (C=O) groups is 3. The highest BCUT2D eigenvalue weighted by Crippen LogP contribution is 2.44. The number of aromatic nitrogens is 1. The zero-order valence-corrected chi connectivity index (χ0v) is 21.3. The third-order valence-corrected chi connectivity index (χ3v) is 7.00. The molecule has 3 aromatic rings. The summed E-state index contributed by atoms with van der Waals surface area (Å²) in [5.41, 5.74) is 0.633. The van der Waals surface area contributed by atoms with Crippen LogP contribution >= 0.6 is 11.3 Å². The minimum Gasteiger partial charge on any atom is -0.507 e. The molecule has 1 saturated heterocycles. The largest absolute Gasteiger partial charge is 0.507 e. The van der Waals surface area contributed by atoms with Gasteiger partial charge < -0.3 is 14.6 Å². The number of hydrogen-bond acceptors (Lipinski definition) is 8. The Morgan fingerprint density at radius 2 is 1.92 bits per heavy atom. The molecule has 0 saturated carbocycles. The molecule has 2 aromatic carbocycles. The van der Waals surface area contributed by atoms with E-state index in [9.17, 15) is 23.9 Å². The normalized spacial score (nSPS) is 16.8. The van der Waals surface area contributed by atoms with Crippen LogP contribution in [0.25, 0.3) is 5.76 Å². The summed E-state index contributed by atoms with van der Waals surface area (Å²) in [5.74, 6) is -2.95. The number of anilines is 1. The Morgan fingerprint density at radius 3 is 2.57 bits per heavy atom. The zero-order chi connectivity index (χ0) is 26.7. The standard InChI is InChI=1S/C27H25FN2O6S/c1-4-5-13-36-19-11-9-16(10-12-19)22(31)20-21(17-7-6-8-18(28)14-17)30(25(33)23(20)32)27-29-15(2)24(37-27)26(34)35-3/h6-12,14,21,31H,4-5,13H2,1-3H3/t21-/m1/s1. The summed E-state index contributed by atoms with van der Waals surface area (Å²) < 4.78 is 24.7. The number of ether oxygens (including phenoxy) is 2. The number of Topliss-reactive ketones (excluding diaryl/α,β-unsaturated/α-hetero) is 1. The van der Waals surface area contributed by atoms with Crippen LogP contribution in [-0.4, -0.2) is 41.5 Å². The quantitative estimate of drug-likeness (QED) is 0.142. The highest BCUT2D eigenvalue weighted by atomic mass is 32.1. The molecule has 10 heteroatoms. The molecule has 1 atom stereocenters. The van der Waals surface area contributed by atoms with Crippen LogP contribution in [0.2, 0.25) is 0 Å². The Labute approximate surface area is 217 Å². The lowest BCUT2D eigenvalue weighted by Crippen LogP contribution is -2.29. The fourth-order valence-electron chi connectivity index (χ4n) is 3.99. The van der Waals surface area contributed by atoms with Gasteiger partial charge in [-0.1, -0.05) is 36.8 Å². The monoisotopic (exact) mass is 524 g/mol. The van der Waals surface area contributed by atoms with E-state index in [0.29, 0.717) is 18.1 Å². The molecular weight excluding hydrogens is 499 g/mol. The molecule has 8 nitrogen and oxygen atoms in total. The maximum atomic E-state index is 14.2. The van der Waals surface area contributed by atoms with Gasteiger partial charge in [-0.05, 0) is 55.3 Å². The number of carbonyl (C=O) groups excluding carboxylic acids is 3. The molecular formula is C27H25FN2O6S. The molecule has 0 bridgehead atoms. The van der Waals surface area contributed by atoms with E-state index in [1.807, 2.05) is 0 Å². The van der Waals surface area contributed by atoms with Crippen LogP contribution in [0.3, 0.4) is 0 Å². The van der Waals surface area contributed by atoms with Gasteiger partial charge in [0.15, 0.2) is 5.13 Å². The number of benzene rings is 2. The Balaban J connectivity index is 1.82. The molecule has 0 spiro atoms. The number of methoxy groups -OCH3 is 1. The summed E-state index contributed by atoms with van der Waals surface area (Å²) in [6, 6.07) is 10.7. The van der Waals surface area contributed by atoms with Crippen molar-refractivity contribution in [1.82, 2.24) is 4.98 Å².